The summed E-state index contributed by atoms with van der Waals surface area (Å²) in [5.74, 6) is 2.21. The van der Waals surface area contributed by atoms with Crippen LogP contribution in [0.25, 0.3) is 0 Å². The second kappa shape index (κ2) is 10.7. The van der Waals surface area contributed by atoms with Crippen molar-refractivity contribution in [3.05, 3.63) is 89.0 Å². The molecule has 0 radical (unpaired) electrons. The van der Waals surface area contributed by atoms with Crippen molar-refractivity contribution in [3.8, 4) is 11.5 Å². The highest BCUT2D eigenvalue weighted by Gasteiger charge is 2.07. The number of nitrogens with one attached hydrogen (secondary N) is 1. The molecule has 1 N–H and O–H groups in total. The minimum Gasteiger partial charge on any atom is -0.493 e. The van der Waals surface area contributed by atoms with E-state index in [1.807, 2.05) is 42.5 Å². The Morgan fingerprint density at radius 1 is 0.867 bits per heavy atom. The summed E-state index contributed by atoms with van der Waals surface area (Å²) in [4.78, 5) is 13.7. The van der Waals surface area contributed by atoms with Gasteiger partial charge in [0, 0.05) is 22.8 Å². The molecule has 0 aliphatic heterocycles. The van der Waals surface area contributed by atoms with Crippen molar-refractivity contribution < 1.29 is 14.3 Å². The van der Waals surface area contributed by atoms with Gasteiger partial charge in [-0.15, -0.1) is 11.8 Å². The summed E-state index contributed by atoms with van der Waals surface area (Å²) in [5, 5.41) is 2.98. The number of hydrogen-bond donors (Lipinski definition) is 1. The number of hydrogen-bond acceptors (Lipinski definition) is 4. The summed E-state index contributed by atoms with van der Waals surface area (Å²) < 4.78 is 10.6. The van der Waals surface area contributed by atoms with Gasteiger partial charge in [-0.05, 0) is 60.9 Å². The molecule has 1 amide bonds. The van der Waals surface area contributed by atoms with E-state index in [2.05, 4.69) is 36.5 Å². The molecule has 0 unspecified atom stereocenters. The fourth-order valence-corrected chi connectivity index (χ4v) is 3.87. The van der Waals surface area contributed by atoms with E-state index in [1.165, 1.54) is 16.0 Å². The summed E-state index contributed by atoms with van der Waals surface area (Å²) in [6.07, 6.45) is 0.720. The number of amides is 1. The Kier molecular flexibility index (Phi) is 7.80. The summed E-state index contributed by atoms with van der Waals surface area (Å²) in [6.45, 7) is 2.64. The summed E-state index contributed by atoms with van der Waals surface area (Å²) in [6, 6.07) is 22.1. The lowest BCUT2D eigenvalue weighted by Crippen LogP contribution is -2.25. The zero-order valence-electron chi connectivity index (χ0n) is 17.6. The maximum atomic E-state index is 12.4. The highest BCUT2D eigenvalue weighted by Crippen LogP contribution is 2.27. The fraction of sp³-hybridized carbons (Fsp3) is 0.240. The Labute approximate surface area is 182 Å². The molecule has 0 spiro atoms. The van der Waals surface area contributed by atoms with E-state index in [1.54, 1.807) is 26.0 Å². The zero-order valence-corrected chi connectivity index (χ0v) is 18.4. The first kappa shape index (κ1) is 21.8. The van der Waals surface area contributed by atoms with Gasteiger partial charge in [0.15, 0.2) is 11.5 Å². The lowest BCUT2D eigenvalue weighted by atomic mass is 10.1. The molecule has 30 heavy (non-hydrogen) atoms. The predicted octanol–water partition coefficient (Wildman–Crippen LogP) is 5.28. The molecule has 0 saturated heterocycles. The van der Waals surface area contributed by atoms with E-state index >= 15 is 0 Å². The third-order valence-corrected chi connectivity index (χ3v) is 5.87. The SMILES string of the molecule is COc1ccc(CCNC(=O)c2ccc(CSc3ccc(C)cc3)cc2)cc1OC. The predicted molar refractivity (Wildman–Crippen MR) is 123 cm³/mol. The Morgan fingerprint density at radius 3 is 2.20 bits per heavy atom. The maximum absolute atomic E-state index is 12.4. The van der Waals surface area contributed by atoms with Gasteiger partial charge in [-0.1, -0.05) is 35.9 Å². The van der Waals surface area contributed by atoms with E-state index in [9.17, 15) is 4.79 Å². The number of carbonyl (C=O) groups is 1. The van der Waals surface area contributed by atoms with Crippen molar-refractivity contribution in [2.75, 3.05) is 20.8 Å². The molecular formula is C25H27NO3S. The third-order valence-electron chi connectivity index (χ3n) is 4.79. The minimum absolute atomic E-state index is 0.0618. The summed E-state index contributed by atoms with van der Waals surface area (Å²) >= 11 is 1.79. The molecule has 3 rings (SSSR count). The largest absolute Gasteiger partial charge is 0.493 e. The van der Waals surface area contributed by atoms with Gasteiger partial charge in [-0.2, -0.15) is 0 Å². The van der Waals surface area contributed by atoms with Crippen LogP contribution in [0.2, 0.25) is 0 Å². The molecule has 3 aromatic rings. The molecule has 0 saturated carbocycles. The third kappa shape index (κ3) is 6.04. The topological polar surface area (TPSA) is 47.6 Å². The van der Waals surface area contributed by atoms with Gasteiger partial charge < -0.3 is 14.8 Å². The lowest BCUT2D eigenvalue weighted by molar-refractivity contribution is 0.0954. The monoisotopic (exact) mass is 421 g/mol. The molecule has 0 aliphatic carbocycles. The fourth-order valence-electron chi connectivity index (χ4n) is 3.01. The van der Waals surface area contributed by atoms with Crippen molar-refractivity contribution in [1.29, 1.82) is 0 Å². The van der Waals surface area contributed by atoms with E-state index in [-0.39, 0.29) is 5.91 Å². The molecule has 0 fully saturated rings. The van der Waals surface area contributed by atoms with Crippen molar-refractivity contribution in [1.82, 2.24) is 5.32 Å². The first-order chi connectivity index (χ1) is 14.6. The highest BCUT2D eigenvalue weighted by atomic mass is 32.2. The molecule has 0 aliphatic rings. The van der Waals surface area contributed by atoms with E-state index in [0.717, 1.165) is 17.7 Å². The molecule has 5 heteroatoms. The smallest absolute Gasteiger partial charge is 0.251 e. The van der Waals surface area contributed by atoms with Crippen LogP contribution in [0.4, 0.5) is 0 Å². The number of ether oxygens (including phenoxy) is 2. The summed E-state index contributed by atoms with van der Waals surface area (Å²) in [5.41, 5.74) is 4.21. The molecule has 0 atom stereocenters. The van der Waals surface area contributed by atoms with Crippen molar-refractivity contribution in [2.24, 2.45) is 0 Å². The van der Waals surface area contributed by atoms with Gasteiger partial charge in [0.05, 0.1) is 14.2 Å². The average Bonchev–Trinajstić information content (AvgIpc) is 2.78. The van der Waals surface area contributed by atoms with Crippen molar-refractivity contribution in [2.45, 2.75) is 24.0 Å². The molecule has 0 aromatic heterocycles. The van der Waals surface area contributed by atoms with Crippen LogP contribution in [-0.4, -0.2) is 26.7 Å². The van der Waals surface area contributed by atoms with Crippen LogP contribution in [0.5, 0.6) is 11.5 Å². The zero-order chi connectivity index (χ0) is 21.3. The van der Waals surface area contributed by atoms with Gasteiger partial charge in [0.1, 0.15) is 0 Å². The number of methoxy groups -OCH3 is 2. The van der Waals surface area contributed by atoms with Gasteiger partial charge in [-0.3, -0.25) is 4.79 Å². The van der Waals surface area contributed by atoms with Crippen LogP contribution in [0, 0.1) is 6.92 Å². The molecule has 0 heterocycles. The van der Waals surface area contributed by atoms with E-state index < -0.39 is 0 Å². The normalized spacial score (nSPS) is 10.5. The second-order valence-corrected chi connectivity index (χ2v) is 8.04. The number of thioether (sulfide) groups is 1. The van der Waals surface area contributed by atoms with Crippen LogP contribution in [0.15, 0.2) is 71.6 Å². The van der Waals surface area contributed by atoms with Crippen LogP contribution < -0.4 is 14.8 Å². The molecular weight excluding hydrogens is 394 g/mol. The summed E-state index contributed by atoms with van der Waals surface area (Å²) in [7, 11) is 3.23. The first-order valence-corrected chi connectivity index (χ1v) is 10.8. The van der Waals surface area contributed by atoms with Crippen molar-refractivity contribution >= 4 is 17.7 Å². The standard InChI is InChI=1S/C25H27NO3S/c1-18-4-11-22(12-5-18)30-17-20-6-9-21(10-7-20)25(27)26-15-14-19-8-13-23(28-2)24(16-19)29-3/h4-13,16H,14-15,17H2,1-3H3,(H,26,27). The first-order valence-electron chi connectivity index (χ1n) is 9.86. The maximum Gasteiger partial charge on any atom is 0.251 e. The van der Waals surface area contributed by atoms with Crippen molar-refractivity contribution in [3.63, 3.8) is 0 Å². The Hall–Kier alpha value is -2.92. The Morgan fingerprint density at radius 2 is 1.53 bits per heavy atom. The van der Waals surface area contributed by atoms with Crippen LogP contribution >= 0.6 is 11.8 Å². The number of benzene rings is 3. The van der Waals surface area contributed by atoms with E-state index in [0.29, 0.717) is 23.6 Å². The highest BCUT2D eigenvalue weighted by molar-refractivity contribution is 7.98. The number of carbonyl (C=O) groups excluding carboxylic acids is 1. The van der Waals surface area contributed by atoms with Crippen LogP contribution in [-0.2, 0) is 12.2 Å². The Balaban J connectivity index is 1.48. The molecule has 0 bridgehead atoms. The van der Waals surface area contributed by atoms with Gasteiger partial charge in [0.25, 0.3) is 5.91 Å². The molecule has 4 nitrogen and oxygen atoms in total. The molecule has 3 aromatic carbocycles. The van der Waals surface area contributed by atoms with Crippen LogP contribution in [0.1, 0.15) is 27.0 Å². The number of rotatable bonds is 9. The number of aryl methyl sites for hydroxylation is 1. The Bertz CT molecular complexity index is 969. The second-order valence-electron chi connectivity index (χ2n) is 6.99. The van der Waals surface area contributed by atoms with E-state index in [4.69, 9.17) is 9.47 Å². The molecule has 156 valence electrons. The quantitative estimate of drug-likeness (QED) is 0.478. The minimum atomic E-state index is -0.0618. The van der Waals surface area contributed by atoms with Crippen LogP contribution in [0.3, 0.4) is 0 Å². The lowest BCUT2D eigenvalue weighted by Gasteiger charge is -2.10. The van der Waals surface area contributed by atoms with Gasteiger partial charge in [-0.25, -0.2) is 0 Å². The average molecular weight is 422 g/mol. The van der Waals surface area contributed by atoms with Gasteiger partial charge in [0.2, 0.25) is 0 Å². The van der Waals surface area contributed by atoms with Gasteiger partial charge >= 0.3 is 0 Å².